The zero-order valence-corrected chi connectivity index (χ0v) is 14.7. The largest absolute Gasteiger partial charge is 0.311 e. The van der Waals surface area contributed by atoms with E-state index in [1.807, 2.05) is 11.3 Å². The predicted octanol–water partition coefficient (Wildman–Crippen LogP) is 4.57. The number of hydrogen-bond acceptors (Lipinski definition) is 3. The van der Waals surface area contributed by atoms with Gasteiger partial charge >= 0.3 is 0 Å². The molecule has 1 aliphatic carbocycles. The quantitative estimate of drug-likeness (QED) is 0.849. The number of piperidine rings is 1. The fourth-order valence-corrected chi connectivity index (χ4v) is 5.88. The summed E-state index contributed by atoms with van der Waals surface area (Å²) in [6.07, 6.45) is 9.64. The molecule has 1 N–H and O–H groups in total. The highest BCUT2D eigenvalue weighted by atomic mass is 79.9. The van der Waals surface area contributed by atoms with Gasteiger partial charge in [-0.2, -0.15) is 11.3 Å². The normalized spacial score (nSPS) is 24.9. The molecule has 20 heavy (non-hydrogen) atoms. The summed E-state index contributed by atoms with van der Waals surface area (Å²) in [4.78, 5) is 2.81. The van der Waals surface area contributed by atoms with E-state index < -0.39 is 0 Å². The lowest BCUT2D eigenvalue weighted by Gasteiger charge is -2.48. The highest BCUT2D eigenvalue weighted by Gasteiger charge is 2.46. The van der Waals surface area contributed by atoms with Gasteiger partial charge in [0.2, 0.25) is 0 Å². The van der Waals surface area contributed by atoms with E-state index in [4.69, 9.17) is 0 Å². The van der Waals surface area contributed by atoms with E-state index in [1.165, 1.54) is 68.1 Å². The van der Waals surface area contributed by atoms with Crippen LogP contribution >= 0.6 is 27.3 Å². The van der Waals surface area contributed by atoms with Gasteiger partial charge in [-0.05, 0) is 72.7 Å². The molecule has 0 bridgehead atoms. The second-order valence-corrected chi connectivity index (χ2v) is 7.85. The Balaban J connectivity index is 1.93. The molecule has 0 radical (unpaired) electrons. The SMILES string of the molecule is CNC(c1cscc1Br)C1(N2CCCCC2)CCCC1. The third-order valence-electron chi connectivity index (χ3n) is 5.23. The number of likely N-dealkylation sites (tertiary alicyclic amines) is 1. The van der Waals surface area contributed by atoms with Crippen LogP contribution in [0.5, 0.6) is 0 Å². The summed E-state index contributed by atoms with van der Waals surface area (Å²) in [5.41, 5.74) is 1.81. The minimum Gasteiger partial charge on any atom is -0.311 e. The molecular weight excluding hydrogens is 332 g/mol. The van der Waals surface area contributed by atoms with Gasteiger partial charge in [-0.25, -0.2) is 0 Å². The zero-order valence-electron chi connectivity index (χ0n) is 12.3. The van der Waals surface area contributed by atoms with Crippen molar-refractivity contribution in [3.8, 4) is 0 Å². The first-order chi connectivity index (χ1) is 9.78. The molecule has 0 amide bonds. The second-order valence-electron chi connectivity index (χ2n) is 6.26. The molecule has 1 aliphatic heterocycles. The maximum atomic E-state index is 3.75. The molecule has 0 spiro atoms. The molecule has 2 heterocycles. The van der Waals surface area contributed by atoms with E-state index in [2.05, 4.69) is 44.0 Å². The van der Waals surface area contributed by atoms with E-state index in [9.17, 15) is 0 Å². The number of halogens is 1. The van der Waals surface area contributed by atoms with E-state index in [1.54, 1.807) is 0 Å². The Morgan fingerprint density at radius 3 is 2.40 bits per heavy atom. The van der Waals surface area contributed by atoms with Gasteiger partial charge in [-0.1, -0.05) is 19.3 Å². The monoisotopic (exact) mass is 356 g/mol. The van der Waals surface area contributed by atoms with Crippen LogP contribution in [0.2, 0.25) is 0 Å². The average molecular weight is 357 g/mol. The van der Waals surface area contributed by atoms with E-state index in [-0.39, 0.29) is 0 Å². The highest BCUT2D eigenvalue weighted by molar-refractivity contribution is 9.10. The molecule has 112 valence electrons. The maximum Gasteiger partial charge on any atom is 0.0524 e. The molecule has 0 aromatic carbocycles. The number of nitrogens with one attached hydrogen (secondary N) is 1. The van der Waals surface area contributed by atoms with Crippen molar-refractivity contribution in [3.63, 3.8) is 0 Å². The number of thiophene rings is 1. The van der Waals surface area contributed by atoms with E-state index >= 15 is 0 Å². The van der Waals surface area contributed by atoms with E-state index in [0.717, 1.165) is 0 Å². The molecule has 3 rings (SSSR count). The van der Waals surface area contributed by atoms with Crippen molar-refractivity contribution in [1.82, 2.24) is 10.2 Å². The Morgan fingerprint density at radius 1 is 1.15 bits per heavy atom. The fraction of sp³-hybridized carbons (Fsp3) is 0.750. The summed E-state index contributed by atoms with van der Waals surface area (Å²) >= 11 is 5.56. The summed E-state index contributed by atoms with van der Waals surface area (Å²) in [5, 5.41) is 8.21. The van der Waals surface area contributed by atoms with Gasteiger partial charge in [0.05, 0.1) is 6.04 Å². The zero-order chi connectivity index (χ0) is 14.0. The molecule has 1 saturated carbocycles. The molecular formula is C16H25BrN2S. The first-order valence-electron chi connectivity index (χ1n) is 7.92. The van der Waals surface area contributed by atoms with Crippen LogP contribution in [-0.4, -0.2) is 30.6 Å². The molecule has 4 heteroatoms. The minimum absolute atomic E-state index is 0.346. The van der Waals surface area contributed by atoms with Gasteiger partial charge in [0.25, 0.3) is 0 Å². The molecule has 1 aromatic rings. The Morgan fingerprint density at radius 2 is 1.85 bits per heavy atom. The molecule has 2 nitrogen and oxygen atoms in total. The first-order valence-corrected chi connectivity index (χ1v) is 9.65. The summed E-state index contributed by atoms with van der Waals surface area (Å²) in [6, 6.07) is 0.462. The second kappa shape index (κ2) is 6.47. The van der Waals surface area contributed by atoms with Gasteiger partial charge in [0, 0.05) is 15.4 Å². The van der Waals surface area contributed by atoms with Crippen LogP contribution in [0.25, 0.3) is 0 Å². The van der Waals surface area contributed by atoms with Gasteiger partial charge in [0.15, 0.2) is 0 Å². The Kier molecular flexibility index (Phi) is 4.86. The average Bonchev–Trinajstić information content (AvgIpc) is 3.12. The van der Waals surface area contributed by atoms with Crippen LogP contribution in [0, 0.1) is 0 Å². The van der Waals surface area contributed by atoms with Crippen molar-refractivity contribution in [2.45, 2.75) is 56.5 Å². The maximum absolute atomic E-state index is 3.75. The van der Waals surface area contributed by atoms with Crippen LogP contribution in [0.1, 0.15) is 56.6 Å². The smallest absolute Gasteiger partial charge is 0.0524 e. The van der Waals surface area contributed by atoms with Crippen LogP contribution in [0.3, 0.4) is 0 Å². The number of rotatable bonds is 4. The predicted molar refractivity (Wildman–Crippen MR) is 90.4 cm³/mol. The third-order valence-corrected chi connectivity index (χ3v) is 6.99. The Labute approximate surface area is 135 Å². The Hall–Kier alpha value is 0.1000. The van der Waals surface area contributed by atoms with Gasteiger partial charge in [-0.15, -0.1) is 0 Å². The molecule has 2 aliphatic rings. The standard InChI is InChI=1S/C16H25BrN2S/c1-18-15(13-11-20-12-14(13)17)16(7-3-4-8-16)19-9-5-2-6-10-19/h11-12,15,18H,2-10H2,1H3. The fourth-order valence-electron chi connectivity index (χ4n) is 4.32. The summed E-state index contributed by atoms with van der Waals surface area (Å²) in [5.74, 6) is 0. The lowest BCUT2D eigenvalue weighted by atomic mass is 9.81. The van der Waals surface area contributed by atoms with E-state index in [0.29, 0.717) is 11.6 Å². The number of hydrogen-bond donors (Lipinski definition) is 1. The van der Waals surface area contributed by atoms with Crippen LogP contribution < -0.4 is 5.32 Å². The third kappa shape index (κ3) is 2.60. The summed E-state index contributed by atoms with van der Waals surface area (Å²) in [6.45, 7) is 2.58. The van der Waals surface area contributed by atoms with Crippen molar-refractivity contribution in [2.24, 2.45) is 0 Å². The summed E-state index contributed by atoms with van der Waals surface area (Å²) < 4.78 is 1.28. The minimum atomic E-state index is 0.346. The van der Waals surface area contributed by atoms with Gasteiger partial charge in [-0.3, -0.25) is 4.90 Å². The Bertz CT molecular complexity index is 433. The van der Waals surface area contributed by atoms with Crippen LogP contribution in [-0.2, 0) is 0 Å². The topological polar surface area (TPSA) is 15.3 Å². The highest BCUT2D eigenvalue weighted by Crippen LogP contribution is 2.47. The van der Waals surface area contributed by atoms with Crippen molar-refractivity contribution < 1.29 is 0 Å². The van der Waals surface area contributed by atoms with Gasteiger partial charge in [0.1, 0.15) is 0 Å². The van der Waals surface area contributed by atoms with Crippen LogP contribution in [0.4, 0.5) is 0 Å². The summed E-state index contributed by atoms with van der Waals surface area (Å²) in [7, 11) is 2.14. The number of likely N-dealkylation sites (N-methyl/N-ethyl adjacent to an activating group) is 1. The lowest BCUT2D eigenvalue weighted by Crippen LogP contribution is -2.56. The molecule has 1 atom stereocenters. The van der Waals surface area contributed by atoms with Crippen LogP contribution in [0.15, 0.2) is 15.2 Å². The first kappa shape index (κ1) is 15.0. The molecule has 1 unspecified atom stereocenters. The van der Waals surface area contributed by atoms with Crippen molar-refractivity contribution in [2.75, 3.05) is 20.1 Å². The lowest BCUT2D eigenvalue weighted by molar-refractivity contribution is 0.0383. The van der Waals surface area contributed by atoms with Crippen molar-refractivity contribution in [3.05, 3.63) is 20.8 Å². The van der Waals surface area contributed by atoms with Gasteiger partial charge < -0.3 is 5.32 Å². The van der Waals surface area contributed by atoms with Crippen molar-refractivity contribution in [1.29, 1.82) is 0 Å². The molecule has 1 saturated heterocycles. The molecule has 2 fully saturated rings. The molecule has 1 aromatic heterocycles. The van der Waals surface area contributed by atoms with Crippen molar-refractivity contribution >= 4 is 27.3 Å². The number of nitrogens with zero attached hydrogens (tertiary/aromatic N) is 1.